The molecule has 1 aliphatic heterocycles. The summed E-state index contributed by atoms with van der Waals surface area (Å²) in [6.45, 7) is 2.31. The number of fused-ring (bicyclic) bond motifs is 1. The molecule has 3 rings (SSSR count). The minimum atomic E-state index is 0.284. The van der Waals surface area contributed by atoms with E-state index >= 15 is 0 Å². The van der Waals surface area contributed by atoms with Crippen LogP contribution in [0.25, 0.3) is 10.9 Å². The van der Waals surface area contributed by atoms with E-state index in [1.165, 1.54) is 18.2 Å². The summed E-state index contributed by atoms with van der Waals surface area (Å²) in [7, 11) is 0. The van der Waals surface area contributed by atoms with Crippen LogP contribution in [0.5, 0.6) is 0 Å². The number of para-hydroxylation sites is 1. The third-order valence-corrected chi connectivity index (χ3v) is 3.98. The maximum absolute atomic E-state index is 9.11. The molecule has 0 bridgehead atoms. The Bertz CT molecular complexity index is 555. The van der Waals surface area contributed by atoms with Gasteiger partial charge in [-0.15, -0.1) is 0 Å². The molecule has 1 N–H and O–H groups in total. The molecule has 0 radical (unpaired) electrons. The average molecular weight is 256 g/mol. The molecule has 100 valence electrons. The number of aliphatic hydroxyl groups is 1. The van der Waals surface area contributed by atoms with E-state index in [-0.39, 0.29) is 6.61 Å². The average Bonchev–Trinajstić information content (AvgIpc) is 2.86. The molecule has 1 saturated heterocycles. The molecular formula is C16H20N2O. The monoisotopic (exact) mass is 256 g/mol. The van der Waals surface area contributed by atoms with Crippen LogP contribution < -0.4 is 0 Å². The molecule has 3 heteroatoms. The number of benzene rings is 1. The van der Waals surface area contributed by atoms with E-state index in [0.29, 0.717) is 6.04 Å². The van der Waals surface area contributed by atoms with Crippen LogP contribution in [0, 0.1) is 0 Å². The fourth-order valence-corrected chi connectivity index (χ4v) is 2.98. The van der Waals surface area contributed by atoms with Crippen LogP contribution in [0.15, 0.2) is 36.4 Å². The van der Waals surface area contributed by atoms with Gasteiger partial charge in [-0.25, -0.2) is 0 Å². The summed E-state index contributed by atoms with van der Waals surface area (Å²) >= 11 is 0. The fraction of sp³-hybridized carbons (Fsp3) is 0.438. The Hall–Kier alpha value is -1.45. The van der Waals surface area contributed by atoms with Crippen molar-refractivity contribution in [2.24, 2.45) is 0 Å². The first-order valence-corrected chi connectivity index (χ1v) is 7.06. The van der Waals surface area contributed by atoms with Crippen molar-refractivity contribution in [3.8, 4) is 0 Å². The molecule has 1 aromatic heterocycles. The van der Waals surface area contributed by atoms with Crippen molar-refractivity contribution in [2.45, 2.75) is 31.8 Å². The van der Waals surface area contributed by atoms with Gasteiger partial charge in [0.2, 0.25) is 0 Å². The van der Waals surface area contributed by atoms with Gasteiger partial charge in [-0.3, -0.25) is 9.88 Å². The lowest BCUT2D eigenvalue weighted by molar-refractivity contribution is 0.188. The minimum Gasteiger partial charge on any atom is -0.396 e. The second kappa shape index (κ2) is 5.68. The Kier molecular flexibility index (Phi) is 3.76. The van der Waals surface area contributed by atoms with Crippen LogP contribution in [-0.4, -0.2) is 34.2 Å². The predicted molar refractivity (Wildman–Crippen MR) is 76.9 cm³/mol. The molecular weight excluding hydrogens is 236 g/mol. The maximum atomic E-state index is 9.11. The van der Waals surface area contributed by atoms with Gasteiger partial charge in [-0.05, 0) is 37.9 Å². The van der Waals surface area contributed by atoms with E-state index in [0.717, 1.165) is 30.7 Å². The third-order valence-electron chi connectivity index (χ3n) is 3.98. The van der Waals surface area contributed by atoms with Gasteiger partial charge in [-0.2, -0.15) is 0 Å². The Morgan fingerprint density at radius 1 is 1.21 bits per heavy atom. The van der Waals surface area contributed by atoms with Crippen LogP contribution in [0.4, 0.5) is 0 Å². The second-order valence-corrected chi connectivity index (χ2v) is 5.27. The van der Waals surface area contributed by atoms with Crippen LogP contribution in [0.2, 0.25) is 0 Å². The van der Waals surface area contributed by atoms with Crippen LogP contribution in [-0.2, 0) is 6.54 Å². The molecule has 1 fully saturated rings. The Labute approximate surface area is 113 Å². The number of nitrogens with zero attached hydrogens (tertiary/aromatic N) is 2. The van der Waals surface area contributed by atoms with Gasteiger partial charge in [0, 0.05) is 24.6 Å². The molecule has 1 aliphatic rings. The number of hydrogen-bond acceptors (Lipinski definition) is 3. The number of rotatable bonds is 4. The summed E-state index contributed by atoms with van der Waals surface area (Å²) in [5.41, 5.74) is 2.20. The van der Waals surface area contributed by atoms with E-state index in [1.54, 1.807) is 0 Å². The smallest absolute Gasteiger partial charge is 0.0705 e. The molecule has 19 heavy (non-hydrogen) atoms. The quantitative estimate of drug-likeness (QED) is 0.913. The van der Waals surface area contributed by atoms with Gasteiger partial charge in [0.05, 0.1) is 11.2 Å². The van der Waals surface area contributed by atoms with Crippen molar-refractivity contribution in [1.29, 1.82) is 0 Å². The molecule has 0 spiro atoms. The summed E-state index contributed by atoms with van der Waals surface area (Å²) in [6.07, 6.45) is 3.32. The standard InChI is InChI=1S/C16H20N2O/c19-11-9-15-5-3-10-18(15)12-14-8-7-13-4-1-2-6-16(13)17-14/h1-2,4,6-8,15,19H,3,5,9-12H2. The lowest BCUT2D eigenvalue weighted by Gasteiger charge is -2.23. The van der Waals surface area contributed by atoms with Crippen molar-refractivity contribution in [1.82, 2.24) is 9.88 Å². The number of aliphatic hydroxyl groups excluding tert-OH is 1. The van der Waals surface area contributed by atoms with Gasteiger partial charge in [0.15, 0.2) is 0 Å². The number of likely N-dealkylation sites (tertiary alicyclic amines) is 1. The number of hydrogen-bond donors (Lipinski definition) is 1. The summed E-state index contributed by atoms with van der Waals surface area (Å²) in [5, 5.41) is 10.3. The van der Waals surface area contributed by atoms with Gasteiger partial charge < -0.3 is 5.11 Å². The SMILES string of the molecule is OCCC1CCCN1Cc1ccc2ccccc2n1. The fourth-order valence-electron chi connectivity index (χ4n) is 2.98. The van der Waals surface area contributed by atoms with E-state index in [2.05, 4.69) is 29.2 Å². The highest BCUT2D eigenvalue weighted by Gasteiger charge is 2.24. The third kappa shape index (κ3) is 2.77. The van der Waals surface area contributed by atoms with Crippen LogP contribution in [0.1, 0.15) is 25.0 Å². The van der Waals surface area contributed by atoms with Gasteiger partial charge in [-0.1, -0.05) is 24.3 Å². The minimum absolute atomic E-state index is 0.284. The predicted octanol–water partition coefficient (Wildman–Crippen LogP) is 2.58. The Morgan fingerprint density at radius 2 is 2.11 bits per heavy atom. The van der Waals surface area contributed by atoms with Gasteiger partial charge in [0.25, 0.3) is 0 Å². The maximum Gasteiger partial charge on any atom is 0.0705 e. The molecule has 2 heterocycles. The molecule has 1 aromatic carbocycles. The van der Waals surface area contributed by atoms with E-state index in [9.17, 15) is 0 Å². The van der Waals surface area contributed by atoms with Crippen molar-refractivity contribution in [3.63, 3.8) is 0 Å². The lowest BCUT2D eigenvalue weighted by atomic mass is 10.1. The number of aromatic nitrogens is 1. The van der Waals surface area contributed by atoms with Crippen LogP contribution >= 0.6 is 0 Å². The van der Waals surface area contributed by atoms with Gasteiger partial charge in [0.1, 0.15) is 0 Å². The highest BCUT2D eigenvalue weighted by molar-refractivity contribution is 5.78. The van der Waals surface area contributed by atoms with E-state index < -0.39 is 0 Å². The molecule has 1 atom stereocenters. The first-order chi connectivity index (χ1) is 9.36. The summed E-state index contributed by atoms with van der Waals surface area (Å²) in [4.78, 5) is 7.18. The zero-order valence-electron chi connectivity index (χ0n) is 11.1. The number of pyridine rings is 1. The molecule has 0 aliphatic carbocycles. The lowest BCUT2D eigenvalue weighted by Crippen LogP contribution is -2.29. The molecule has 3 nitrogen and oxygen atoms in total. The van der Waals surface area contributed by atoms with Crippen LogP contribution in [0.3, 0.4) is 0 Å². The normalized spacial score (nSPS) is 20.2. The first-order valence-electron chi connectivity index (χ1n) is 7.06. The van der Waals surface area contributed by atoms with Crippen molar-refractivity contribution >= 4 is 10.9 Å². The molecule has 0 saturated carbocycles. The highest BCUT2D eigenvalue weighted by atomic mass is 16.3. The molecule has 0 amide bonds. The zero-order valence-corrected chi connectivity index (χ0v) is 11.1. The van der Waals surface area contributed by atoms with Crippen molar-refractivity contribution < 1.29 is 5.11 Å². The second-order valence-electron chi connectivity index (χ2n) is 5.27. The van der Waals surface area contributed by atoms with Crippen molar-refractivity contribution in [2.75, 3.05) is 13.2 Å². The highest BCUT2D eigenvalue weighted by Crippen LogP contribution is 2.22. The topological polar surface area (TPSA) is 36.4 Å². The summed E-state index contributed by atoms with van der Waals surface area (Å²) < 4.78 is 0. The Balaban J connectivity index is 1.77. The first kappa shape index (κ1) is 12.6. The van der Waals surface area contributed by atoms with E-state index in [4.69, 9.17) is 10.1 Å². The largest absolute Gasteiger partial charge is 0.396 e. The molecule has 2 aromatic rings. The van der Waals surface area contributed by atoms with E-state index in [1.807, 2.05) is 12.1 Å². The van der Waals surface area contributed by atoms with Crippen molar-refractivity contribution in [3.05, 3.63) is 42.1 Å². The molecule has 1 unspecified atom stereocenters. The van der Waals surface area contributed by atoms with Gasteiger partial charge >= 0.3 is 0 Å². The summed E-state index contributed by atoms with van der Waals surface area (Å²) in [6, 6.07) is 13.0. The Morgan fingerprint density at radius 3 is 3.00 bits per heavy atom. The summed E-state index contributed by atoms with van der Waals surface area (Å²) in [5.74, 6) is 0. The zero-order chi connectivity index (χ0) is 13.1.